The Hall–Kier alpha value is -1.65. The van der Waals surface area contributed by atoms with Crippen LogP contribution in [0.1, 0.15) is 12.5 Å². The van der Waals surface area contributed by atoms with Gasteiger partial charge in [0.15, 0.2) is 11.6 Å². The number of aromatic hydroxyl groups is 1. The zero-order chi connectivity index (χ0) is 11.4. The highest BCUT2D eigenvalue weighted by Gasteiger charge is 2.15. The first-order valence-electron chi connectivity index (χ1n) is 4.37. The van der Waals surface area contributed by atoms with Crippen LogP contribution in [0.5, 0.6) is 5.75 Å². The van der Waals surface area contributed by atoms with Gasteiger partial charge in [-0.2, -0.15) is 4.39 Å². The van der Waals surface area contributed by atoms with Crippen LogP contribution in [-0.4, -0.2) is 17.7 Å². The van der Waals surface area contributed by atoms with Crippen molar-refractivity contribution >= 4 is 5.97 Å². The second kappa shape index (κ2) is 4.72. The molecule has 0 amide bonds. The topological polar surface area (TPSA) is 46.5 Å². The molecule has 0 aromatic heterocycles. The third-order valence-corrected chi connectivity index (χ3v) is 1.79. The summed E-state index contributed by atoms with van der Waals surface area (Å²) in [7, 11) is 0. The first kappa shape index (κ1) is 11.4. The van der Waals surface area contributed by atoms with Crippen molar-refractivity contribution in [1.82, 2.24) is 0 Å². The molecule has 0 radical (unpaired) electrons. The molecule has 0 unspecified atom stereocenters. The van der Waals surface area contributed by atoms with E-state index in [0.717, 1.165) is 12.1 Å². The second-order valence-electron chi connectivity index (χ2n) is 2.85. The predicted octanol–water partition coefficient (Wildman–Crippen LogP) is 1.78. The first-order chi connectivity index (χ1) is 7.06. The van der Waals surface area contributed by atoms with Gasteiger partial charge in [-0.15, -0.1) is 0 Å². The standard InChI is InChI=1S/C10H10F2O3/c1-2-15-8(13)5-6-3-4-7(11)9(12)10(6)14/h3-4,14H,2,5H2,1H3. The molecule has 0 atom stereocenters. The number of carbonyl (C=O) groups excluding carboxylic acids is 1. The molecule has 15 heavy (non-hydrogen) atoms. The molecule has 0 aliphatic carbocycles. The Bertz CT molecular complexity index is 377. The lowest BCUT2D eigenvalue weighted by molar-refractivity contribution is -0.142. The molecule has 3 nitrogen and oxygen atoms in total. The molecule has 5 heteroatoms. The van der Waals surface area contributed by atoms with Gasteiger partial charge in [0.05, 0.1) is 13.0 Å². The molecule has 0 bridgehead atoms. The molecular formula is C10H10F2O3. The number of phenolic OH excluding ortho intramolecular Hbond substituents is 1. The van der Waals surface area contributed by atoms with Crippen molar-refractivity contribution in [2.45, 2.75) is 13.3 Å². The Morgan fingerprint density at radius 3 is 2.73 bits per heavy atom. The van der Waals surface area contributed by atoms with E-state index in [1.807, 2.05) is 0 Å². The number of halogens is 2. The molecule has 1 N–H and O–H groups in total. The van der Waals surface area contributed by atoms with Crippen LogP contribution in [0, 0.1) is 11.6 Å². The number of rotatable bonds is 3. The van der Waals surface area contributed by atoms with Gasteiger partial charge >= 0.3 is 5.97 Å². The smallest absolute Gasteiger partial charge is 0.310 e. The number of benzene rings is 1. The van der Waals surface area contributed by atoms with E-state index in [1.165, 1.54) is 0 Å². The molecule has 82 valence electrons. The van der Waals surface area contributed by atoms with Gasteiger partial charge in [0.25, 0.3) is 0 Å². The summed E-state index contributed by atoms with van der Waals surface area (Å²) in [6.45, 7) is 1.83. The number of hydrogen-bond donors (Lipinski definition) is 1. The zero-order valence-corrected chi connectivity index (χ0v) is 8.09. The number of carbonyl (C=O) groups is 1. The van der Waals surface area contributed by atoms with Crippen molar-refractivity contribution in [2.24, 2.45) is 0 Å². The minimum absolute atomic E-state index is 0.00681. The summed E-state index contributed by atoms with van der Waals surface area (Å²) in [6.07, 6.45) is -0.281. The maximum atomic E-state index is 12.9. The average molecular weight is 216 g/mol. The Labute approximate surface area is 85.3 Å². The Kier molecular flexibility index (Phi) is 3.60. The highest BCUT2D eigenvalue weighted by Crippen LogP contribution is 2.23. The van der Waals surface area contributed by atoms with Gasteiger partial charge in [0.2, 0.25) is 5.82 Å². The fourth-order valence-corrected chi connectivity index (χ4v) is 1.09. The molecule has 1 rings (SSSR count). The maximum absolute atomic E-state index is 12.9. The molecule has 0 fully saturated rings. The normalized spacial score (nSPS) is 10.1. The Morgan fingerprint density at radius 1 is 1.47 bits per heavy atom. The van der Waals surface area contributed by atoms with Crippen LogP contribution < -0.4 is 0 Å². The lowest BCUT2D eigenvalue weighted by Crippen LogP contribution is -2.08. The van der Waals surface area contributed by atoms with Crippen LogP contribution in [0.2, 0.25) is 0 Å². The molecule has 1 aromatic carbocycles. The quantitative estimate of drug-likeness (QED) is 0.783. The molecule has 0 aliphatic heterocycles. The summed E-state index contributed by atoms with van der Waals surface area (Å²) in [4.78, 5) is 11.0. The third-order valence-electron chi connectivity index (χ3n) is 1.79. The van der Waals surface area contributed by atoms with Gasteiger partial charge in [0.1, 0.15) is 0 Å². The van der Waals surface area contributed by atoms with Gasteiger partial charge in [-0.3, -0.25) is 4.79 Å². The molecule has 0 heterocycles. The molecule has 0 saturated heterocycles. The van der Waals surface area contributed by atoms with E-state index < -0.39 is 23.4 Å². The maximum Gasteiger partial charge on any atom is 0.310 e. The number of phenols is 1. The van der Waals surface area contributed by atoms with Crippen LogP contribution in [0.15, 0.2) is 12.1 Å². The van der Waals surface area contributed by atoms with E-state index in [4.69, 9.17) is 0 Å². The summed E-state index contributed by atoms with van der Waals surface area (Å²) in [5.41, 5.74) is 0.00681. The molecule has 1 aromatic rings. The molecular weight excluding hydrogens is 206 g/mol. The fraction of sp³-hybridized carbons (Fsp3) is 0.300. The lowest BCUT2D eigenvalue weighted by Gasteiger charge is -2.05. The van der Waals surface area contributed by atoms with Crippen molar-refractivity contribution < 1.29 is 23.4 Å². The Morgan fingerprint density at radius 2 is 2.13 bits per heavy atom. The van der Waals surface area contributed by atoms with Crippen molar-refractivity contribution in [3.05, 3.63) is 29.3 Å². The largest absolute Gasteiger partial charge is 0.505 e. The van der Waals surface area contributed by atoms with Crippen molar-refractivity contribution in [3.8, 4) is 5.75 Å². The molecule has 0 aliphatic rings. The second-order valence-corrected chi connectivity index (χ2v) is 2.85. The van der Waals surface area contributed by atoms with Gasteiger partial charge < -0.3 is 9.84 Å². The predicted molar refractivity (Wildman–Crippen MR) is 48.4 cm³/mol. The highest BCUT2D eigenvalue weighted by atomic mass is 19.2. The van der Waals surface area contributed by atoms with E-state index >= 15 is 0 Å². The van der Waals surface area contributed by atoms with Crippen LogP contribution in [0.25, 0.3) is 0 Å². The summed E-state index contributed by atoms with van der Waals surface area (Å²) in [5, 5.41) is 9.17. The van der Waals surface area contributed by atoms with Gasteiger partial charge in [0, 0.05) is 5.56 Å². The monoisotopic (exact) mass is 216 g/mol. The SMILES string of the molecule is CCOC(=O)Cc1ccc(F)c(F)c1O. The van der Waals surface area contributed by atoms with Crippen LogP contribution in [0.3, 0.4) is 0 Å². The van der Waals surface area contributed by atoms with E-state index in [1.54, 1.807) is 6.92 Å². The zero-order valence-electron chi connectivity index (χ0n) is 8.09. The van der Waals surface area contributed by atoms with E-state index in [9.17, 15) is 18.7 Å². The van der Waals surface area contributed by atoms with Crippen molar-refractivity contribution in [1.29, 1.82) is 0 Å². The molecule has 0 saturated carbocycles. The minimum Gasteiger partial charge on any atom is -0.505 e. The number of esters is 1. The summed E-state index contributed by atoms with van der Waals surface area (Å²) in [5.74, 6) is -3.95. The lowest BCUT2D eigenvalue weighted by atomic mass is 10.1. The third kappa shape index (κ3) is 2.65. The fourth-order valence-electron chi connectivity index (χ4n) is 1.09. The number of ether oxygens (including phenoxy) is 1. The van der Waals surface area contributed by atoms with Crippen LogP contribution in [0.4, 0.5) is 8.78 Å². The van der Waals surface area contributed by atoms with Crippen LogP contribution >= 0.6 is 0 Å². The van der Waals surface area contributed by atoms with Crippen molar-refractivity contribution in [3.63, 3.8) is 0 Å². The average Bonchev–Trinajstić information content (AvgIpc) is 2.20. The molecule has 0 spiro atoms. The number of hydrogen-bond acceptors (Lipinski definition) is 3. The van der Waals surface area contributed by atoms with Gasteiger partial charge in [-0.1, -0.05) is 6.07 Å². The summed E-state index contributed by atoms with van der Waals surface area (Å²) >= 11 is 0. The van der Waals surface area contributed by atoms with Crippen LogP contribution in [-0.2, 0) is 16.0 Å². The van der Waals surface area contributed by atoms with E-state index in [-0.39, 0.29) is 18.6 Å². The highest BCUT2D eigenvalue weighted by molar-refractivity contribution is 5.73. The first-order valence-corrected chi connectivity index (χ1v) is 4.37. The summed E-state index contributed by atoms with van der Waals surface area (Å²) < 4.78 is 30.0. The minimum atomic E-state index is -1.35. The van der Waals surface area contributed by atoms with Gasteiger partial charge in [-0.25, -0.2) is 4.39 Å². The van der Waals surface area contributed by atoms with Gasteiger partial charge in [-0.05, 0) is 13.0 Å². The Balaban J connectivity index is 2.87. The summed E-state index contributed by atoms with van der Waals surface area (Å²) in [6, 6.07) is 1.99. The van der Waals surface area contributed by atoms with E-state index in [2.05, 4.69) is 4.74 Å². The van der Waals surface area contributed by atoms with Crippen molar-refractivity contribution in [2.75, 3.05) is 6.61 Å². The van der Waals surface area contributed by atoms with E-state index in [0.29, 0.717) is 0 Å².